The number of ether oxygens (including phenoxy) is 1. The first kappa shape index (κ1) is 23.2. The van der Waals surface area contributed by atoms with Gasteiger partial charge in [0.1, 0.15) is 6.54 Å². The summed E-state index contributed by atoms with van der Waals surface area (Å²) in [7, 11) is 1.57. The first-order valence-electron chi connectivity index (χ1n) is 11.0. The van der Waals surface area contributed by atoms with Gasteiger partial charge >= 0.3 is 5.69 Å². The van der Waals surface area contributed by atoms with E-state index in [1.165, 1.54) is 10.9 Å². The van der Waals surface area contributed by atoms with Crippen molar-refractivity contribution in [3.8, 4) is 0 Å². The summed E-state index contributed by atoms with van der Waals surface area (Å²) in [6, 6.07) is 17.1. The maximum atomic E-state index is 13.4. The zero-order valence-electron chi connectivity index (χ0n) is 19.2. The Bertz CT molecular complexity index is 1420. The van der Waals surface area contributed by atoms with Gasteiger partial charge in [-0.2, -0.15) is 0 Å². The molecule has 0 unspecified atom stereocenters. The fourth-order valence-electron chi connectivity index (χ4n) is 3.85. The summed E-state index contributed by atoms with van der Waals surface area (Å²) in [6.07, 6.45) is 1.52. The molecule has 9 heteroatoms. The lowest BCUT2D eigenvalue weighted by Gasteiger charge is -2.13. The number of hydrogen-bond acceptors (Lipinski definition) is 5. The highest BCUT2D eigenvalue weighted by atomic mass is 16.5. The number of nitrogens with one attached hydrogen (secondary N) is 1. The summed E-state index contributed by atoms with van der Waals surface area (Å²) in [6.45, 7) is 2.88. The number of methoxy groups -OCH3 is 1. The minimum absolute atomic E-state index is 0.225. The van der Waals surface area contributed by atoms with Crippen molar-refractivity contribution in [2.45, 2.75) is 33.1 Å². The summed E-state index contributed by atoms with van der Waals surface area (Å²) >= 11 is 0. The molecule has 2 aromatic carbocycles. The highest BCUT2D eigenvalue weighted by molar-refractivity contribution is 5.76. The van der Waals surface area contributed by atoms with E-state index >= 15 is 0 Å². The van der Waals surface area contributed by atoms with Crippen molar-refractivity contribution < 1.29 is 9.53 Å². The van der Waals surface area contributed by atoms with Gasteiger partial charge < -0.3 is 14.6 Å². The largest absolute Gasteiger partial charge is 0.383 e. The Hall–Kier alpha value is -3.98. The first-order chi connectivity index (χ1) is 16.5. The van der Waals surface area contributed by atoms with Crippen molar-refractivity contribution in [1.82, 2.24) is 24.0 Å². The maximum absolute atomic E-state index is 13.4. The van der Waals surface area contributed by atoms with Gasteiger partial charge in [0.25, 0.3) is 5.56 Å². The van der Waals surface area contributed by atoms with Gasteiger partial charge in [0.2, 0.25) is 5.91 Å². The van der Waals surface area contributed by atoms with Crippen LogP contribution in [0.25, 0.3) is 11.2 Å². The fourth-order valence-corrected chi connectivity index (χ4v) is 3.85. The quantitative estimate of drug-likeness (QED) is 0.409. The second-order valence-corrected chi connectivity index (χ2v) is 8.05. The Morgan fingerprint density at radius 1 is 1.03 bits per heavy atom. The minimum atomic E-state index is -0.579. The van der Waals surface area contributed by atoms with Gasteiger partial charge in [-0.3, -0.25) is 14.2 Å². The van der Waals surface area contributed by atoms with Crippen molar-refractivity contribution in [2.24, 2.45) is 0 Å². The highest BCUT2D eigenvalue weighted by Crippen LogP contribution is 2.10. The third-order valence-electron chi connectivity index (χ3n) is 5.74. The number of hydrogen-bond donors (Lipinski definition) is 1. The molecule has 0 aliphatic heterocycles. The van der Waals surface area contributed by atoms with Crippen LogP contribution < -0.4 is 16.6 Å². The van der Waals surface area contributed by atoms with E-state index in [1.54, 1.807) is 11.7 Å². The summed E-state index contributed by atoms with van der Waals surface area (Å²) in [5.41, 5.74) is 2.32. The van der Waals surface area contributed by atoms with E-state index in [0.29, 0.717) is 19.7 Å². The maximum Gasteiger partial charge on any atom is 0.333 e. The monoisotopic (exact) mass is 461 g/mol. The predicted molar refractivity (Wildman–Crippen MR) is 129 cm³/mol. The van der Waals surface area contributed by atoms with Crippen LogP contribution in [-0.4, -0.2) is 38.3 Å². The van der Waals surface area contributed by atoms with Crippen LogP contribution in [0.3, 0.4) is 0 Å². The van der Waals surface area contributed by atoms with Gasteiger partial charge in [-0.25, -0.2) is 14.3 Å². The molecule has 0 aliphatic carbocycles. The smallest absolute Gasteiger partial charge is 0.333 e. The van der Waals surface area contributed by atoms with Crippen LogP contribution in [0.2, 0.25) is 0 Å². The van der Waals surface area contributed by atoms with E-state index in [0.717, 1.165) is 21.3 Å². The van der Waals surface area contributed by atoms with Crippen molar-refractivity contribution in [3.05, 3.63) is 98.5 Å². The molecule has 0 bridgehead atoms. The molecule has 0 aliphatic rings. The SMILES string of the molecule is COCCn1cnc2c1c(=O)n(CC(=O)NCc1ccccc1C)c(=O)n2Cc1ccccc1. The van der Waals surface area contributed by atoms with Crippen molar-refractivity contribution >= 4 is 17.1 Å². The second kappa shape index (κ2) is 10.3. The van der Waals surface area contributed by atoms with E-state index in [-0.39, 0.29) is 24.3 Å². The lowest BCUT2D eigenvalue weighted by Crippen LogP contribution is -2.44. The van der Waals surface area contributed by atoms with Gasteiger partial charge in [-0.15, -0.1) is 0 Å². The molecule has 4 aromatic rings. The minimum Gasteiger partial charge on any atom is -0.383 e. The number of imidazole rings is 1. The molecule has 0 atom stereocenters. The number of carbonyl (C=O) groups is 1. The van der Waals surface area contributed by atoms with E-state index < -0.39 is 17.2 Å². The van der Waals surface area contributed by atoms with Crippen LogP contribution in [0.15, 0.2) is 70.5 Å². The average molecular weight is 462 g/mol. The second-order valence-electron chi connectivity index (χ2n) is 8.05. The van der Waals surface area contributed by atoms with Gasteiger partial charge in [0.15, 0.2) is 11.2 Å². The number of benzene rings is 2. The molecule has 0 saturated carbocycles. The molecule has 34 heavy (non-hydrogen) atoms. The highest BCUT2D eigenvalue weighted by Gasteiger charge is 2.20. The topological polar surface area (TPSA) is 100 Å². The molecule has 9 nitrogen and oxygen atoms in total. The number of aryl methyl sites for hydroxylation is 1. The molecular weight excluding hydrogens is 434 g/mol. The molecule has 4 rings (SSSR count). The molecule has 0 radical (unpaired) electrons. The van der Waals surface area contributed by atoms with Crippen molar-refractivity contribution in [3.63, 3.8) is 0 Å². The van der Waals surface area contributed by atoms with Crippen LogP contribution in [0.1, 0.15) is 16.7 Å². The average Bonchev–Trinajstić information content (AvgIpc) is 3.27. The zero-order chi connectivity index (χ0) is 24.1. The van der Waals surface area contributed by atoms with Crippen LogP contribution >= 0.6 is 0 Å². The van der Waals surface area contributed by atoms with E-state index in [4.69, 9.17) is 4.74 Å². The number of carbonyl (C=O) groups excluding carboxylic acids is 1. The van der Waals surface area contributed by atoms with Gasteiger partial charge in [-0.1, -0.05) is 54.6 Å². The normalized spacial score (nSPS) is 11.1. The lowest BCUT2D eigenvalue weighted by molar-refractivity contribution is -0.121. The van der Waals surface area contributed by atoms with Crippen LogP contribution in [0.5, 0.6) is 0 Å². The van der Waals surface area contributed by atoms with E-state index in [2.05, 4.69) is 10.3 Å². The molecule has 0 saturated heterocycles. The lowest BCUT2D eigenvalue weighted by atomic mass is 10.1. The molecule has 0 spiro atoms. The summed E-state index contributed by atoms with van der Waals surface area (Å²) in [4.78, 5) is 43.8. The van der Waals surface area contributed by atoms with Crippen molar-refractivity contribution in [1.29, 1.82) is 0 Å². The van der Waals surface area contributed by atoms with Gasteiger partial charge in [0, 0.05) is 20.2 Å². The number of amides is 1. The Kier molecular flexibility index (Phi) is 7.03. The van der Waals surface area contributed by atoms with Crippen molar-refractivity contribution in [2.75, 3.05) is 13.7 Å². The molecule has 1 amide bonds. The molecule has 176 valence electrons. The van der Waals surface area contributed by atoms with E-state index in [9.17, 15) is 14.4 Å². The number of aromatic nitrogens is 4. The third-order valence-corrected chi connectivity index (χ3v) is 5.74. The van der Waals surface area contributed by atoms with Gasteiger partial charge in [-0.05, 0) is 23.6 Å². The molecular formula is C25H27N5O4. The molecule has 2 aromatic heterocycles. The molecule has 1 N–H and O–H groups in total. The Balaban J connectivity index is 1.71. The fraction of sp³-hybridized carbons (Fsp3) is 0.280. The van der Waals surface area contributed by atoms with Crippen LogP contribution in [0.4, 0.5) is 0 Å². The van der Waals surface area contributed by atoms with E-state index in [1.807, 2.05) is 61.5 Å². The predicted octanol–water partition coefficient (Wildman–Crippen LogP) is 1.68. The number of nitrogens with zero attached hydrogens (tertiary/aromatic N) is 4. The number of fused-ring (bicyclic) bond motifs is 1. The molecule has 0 fully saturated rings. The Labute approximate surface area is 196 Å². The Morgan fingerprint density at radius 3 is 2.50 bits per heavy atom. The summed E-state index contributed by atoms with van der Waals surface area (Å²) in [5, 5.41) is 2.81. The standard InChI is InChI=1S/C25H27N5O4/c1-18-8-6-7-11-20(18)14-26-21(31)16-30-24(32)22-23(27-17-28(22)12-13-34-2)29(25(30)33)15-19-9-4-3-5-10-19/h3-11,17H,12-16H2,1-2H3,(H,26,31). The van der Waals surface area contributed by atoms with Crippen LogP contribution in [0, 0.1) is 6.92 Å². The third kappa shape index (κ3) is 4.84. The van der Waals surface area contributed by atoms with Gasteiger partial charge in [0.05, 0.1) is 19.5 Å². The Morgan fingerprint density at radius 2 is 1.76 bits per heavy atom. The molecule has 2 heterocycles. The zero-order valence-corrected chi connectivity index (χ0v) is 19.2. The van der Waals surface area contributed by atoms with Crippen LogP contribution in [-0.2, 0) is 35.7 Å². The first-order valence-corrected chi connectivity index (χ1v) is 11.0. The summed E-state index contributed by atoms with van der Waals surface area (Å²) < 4.78 is 9.21. The summed E-state index contributed by atoms with van der Waals surface area (Å²) in [5.74, 6) is -0.420. The number of rotatable bonds is 9.